The van der Waals surface area contributed by atoms with Gasteiger partial charge in [-0.2, -0.15) is 0 Å². The summed E-state index contributed by atoms with van der Waals surface area (Å²) in [5.41, 5.74) is 3.80. The average molecular weight is 604 g/mol. The van der Waals surface area contributed by atoms with Crippen molar-refractivity contribution in [3.63, 3.8) is 0 Å². The summed E-state index contributed by atoms with van der Waals surface area (Å²) in [7, 11) is 1.58. The van der Waals surface area contributed by atoms with Crippen LogP contribution in [0.4, 0.5) is 0 Å². The van der Waals surface area contributed by atoms with Crippen LogP contribution in [0, 0.1) is 10.5 Å². The Kier molecular flexibility index (Phi) is 6.95. The van der Waals surface area contributed by atoms with Crippen LogP contribution in [-0.2, 0) is 16.1 Å². The second-order valence-corrected chi connectivity index (χ2v) is 9.20. The predicted molar refractivity (Wildman–Crippen MR) is 136 cm³/mol. The molecule has 0 aliphatic carbocycles. The van der Waals surface area contributed by atoms with Crippen LogP contribution in [0.5, 0.6) is 11.5 Å². The first-order valence-corrected chi connectivity index (χ1v) is 11.6. The predicted octanol–water partition coefficient (Wildman–Crippen LogP) is 6.29. The maximum absolute atomic E-state index is 12.4. The van der Waals surface area contributed by atoms with E-state index in [1.54, 1.807) is 19.3 Å². The molecule has 3 aromatic carbocycles. The van der Waals surface area contributed by atoms with Gasteiger partial charge in [0.15, 0.2) is 17.2 Å². The summed E-state index contributed by atoms with van der Waals surface area (Å²) in [5, 5.41) is 0. The normalized spacial score (nSPS) is 14.3. The number of carbonyl (C=O) groups excluding carboxylic acids is 1. The number of nitrogens with zero attached hydrogens (tertiary/aromatic N) is 1. The van der Waals surface area contributed by atoms with E-state index in [1.807, 2.05) is 55.5 Å². The lowest BCUT2D eigenvalue weighted by Crippen LogP contribution is -2.06. The van der Waals surface area contributed by atoms with Crippen molar-refractivity contribution < 1.29 is 19.0 Å². The smallest absolute Gasteiger partial charge is 0.363 e. The number of aryl methyl sites for hydroxylation is 1. The standard InChI is InChI=1S/C25H19BrINO4/c1-15-6-3-4-9-19(15)24-28-21(25(29)32-24)12-17-11-20(26)23(22(13-17)30-2)31-14-16-7-5-8-18(27)10-16/h3-13H,14H2,1-2H3/b21-12-. The average Bonchev–Trinajstić information content (AvgIpc) is 3.13. The second-order valence-electron chi connectivity index (χ2n) is 7.10. The van der Waals surface area contributed by atoms with E-state index in [0.717, 1.165) is 25.8 Å². The van der Waals surface area contributed by atoms with Gasteiger partial charge in [0.25, 0.3) is 0 Å². The van der Waals surface area contributed by atoms with Crippen LogP contribution in [-0.4, -0.2) is 19.0 Å². The summed E-state index contributed by atoms with van der Waals surface area (Å²) in [6, 6.07) is 19.4. The van der Waals surface area contributed by atoms with Gasteiger partial charge in [-0.25, -0.2) is 9.79 Å². The summed E-state index contributed by atoms with van der Waals surface area (Å²) in [6.45, 7) is 2.35. The molecule has 0 N–H and O–H groups in total. The van der Waals surface area contributed by atoms with Gasteiger partial charge in [-0.3, -0.25) is 0 Å². The van der Waals surface area contributed by atoms with E-state index in [4.69, 9.17) is 14.2 Å². The molecule has 0 atom stereocenters. The number of halogens is 2. The molecular formula is C25H19BrINO4. The van der Waals surface area contributed by atoms with Gasteiger partial charge in [-0.15, -0.1) is 0 Å². The highest BCUT2D eigenvalue weighted by molar-refractivity contribution is 14.1. The molecule has 7 heteroatoms. The summed E-state index contributed by atoms with van der Waals surface area (Å²) in [5.74, 6) is 0.957. The van der Waals surface area contributed by atoms with E-state index in [0.29, 0.717) is 28.5 Å². The first kappa shape index (κ1) is 22.5. The maximum atomic E-state index is 12.4. The van der Waals surface area contributed by atoms with Crippen LogP contribution in [0.15, 0.2) is 75.8 Å². The van der Waals surface area contributed by atoms with Gasteiger partial charge in [-0.05, 0) is 98.5 Å². The van der Waals surface area contributed by atoms with Gasteiger partial charge >= 0.3 is 5.97 Å². The number of carbonyl (C=O) groups is 1. The Labute approximate surface area is 208 Å². The number of rotatable bonds is 6. The number of ether oxygens (including phenoxy) is 3. The van der Waals surface area contributed by atoms with Crippen molar-refractivity contribution in [2.24, 2.45) is 4.99 Å². The number of hydrogen-bond acceptors (Lipinski definition) is 5. The number of hydrogen-bond donors (Lipinski definition) is 0. The van der Waals surface area contributed by atoms with Crippen molar-refractivity contribution in [3.8, 4) is 11.5 Å². The third kappa shape index (κ3) is 5.05. The van der Waals surface area contributed by atoms with Crippen molar-refractivity contribution in [1.29, 1.82) is 0 Å². The monoisotopic (exact) mass is 603 g/mol. The van der Waals surface area contributed by atoms with Gasteiger partial charge in [0.2, 0.25) is 5.90 Å². The maximum Gasteiger partial charge on any atom is 0.363 e. The molecule has 0 amide bonds. The fraction of sp³-hybridized carbons (Fsp3) is 0.120. The quantitative estimate of drug-likeness (QED) is 0.189. The van der Waals surface area contributed by atoms with E-state index >= 15 is 0 Å². The fourth-order valence-electron chi connectivity index (χ4n) is 3.24. The summed E-state index contributed by atoms with van der Waals surface area (Å²) >= 11 is 5.83. The summed E-state index contributed by atoms with van der Waals surface area (Å²) in [4.78, 5) is 16.8. The van der Waals surface area contributed by atoms with Crippen molar-refractivity contribution in [2.75, 3.05) is 7.11 Å². The first-order chi connectivity index (χ1) is 15.4. The van der Waals surface area contributed by atoms with Crippen LogP contribution in [0.3, 0.4) is 0 Å². The van der Waals surface area contributed by atoms with Crippen molar-refractivity contribution >= 4 is 56.5 Å². The molecule has 0 bridgehead atoms. The lowest BCUT2D eigenvalue weighted by atomic mass is 10.1. The minimum atomic E-state index is -0.489. The topological polar surface area (TPSA) is 57.1 Å². The molecule has 0 aromatic heterocycles. The summed E-state index contributed by atoms with van der Waals surface area (Å²) < 4.78 is 18.8. The highest BCUT2D eigenvalue weighted by atomic mass is 127. The molecule has 5 nitrogen and oxygen atoms in total. The molecule has 0 saturated heterocycles. The van der Waals surface area contributed by atoms with E-state index in [9.17, 15) is 4.79 Å². The second kappa shape index (κ2) is 9.87. The molecular weight excluding hydrogens is 585 g/mol. The minimum Gasteiger partial charge on any atom is -0.493 e. The molecule has 0 unspecified atom stereocenters. The number of benzene rings is 3. The zero-order valence-corrected chi connectivity index (χ0v) is 21.1. The molecule has 1 aliphatic heterocycles. The van der Waals surface area contributed by atoms with Crippen molar-refractivity contribution in [3.05, 3.63) is 96.7 Å². The highest BCUT2D eigenvalue weighted by Crippen LogP contribution is 2.38. The molecule has 0 saturated carbocycles. The molecule has 162 valence electrons. The molecule has 0 radical (unpaired) electrons. The molecule has 0 spiro atoms. The lowest BCUT2D eigenvalue weighted by molar-refractivity contribution is -0.129. The van der Waals surface area contributed by atoms with Crippen LogP contribution >= 0.6 is 38.5 Å². The molecule has 32 heavy (non-hydrogen) atoms. The van der Waals surface area contributed by atoms with E-state index < -0.39 is 5.97 Å². The Bertz CT molecular complexity index is 1250. The Balaban J connectivity index is 1.60. The van der Waals surface area contributed by atoms with E-state index in [-0.39, 0.29) is 5.70 Å². The van der Waals surface area contributed by atoms with Crippen molar-refractivity contribution in [2.45, 2.75) is 13.5 Å². The number of aliphatic imine (C=N–C) groups is 1. The first-order valence-electron chi connectivity index (χ1n) is 9.78. The molecule has 4 rings (SSSR count). The van der Waals surface area contributed by atoms with Gasteiger partial charge < -0.3 is 14.2 Å². The third-order valence-corrected chi connectivity index (χ3v) is 6.08. The van der Waals surface area contributed by atoms with E-state index in [1.165, 1.54) is 0 Å². The SMILES string of the molecule is COc1cc(/C=C2\N=C(c3ccccc3C)OC2=O)cc(Br)c1OCc1cccc(I)c1. The Morgan fingerprint density at radius 1 is 1.12 bits per heavy atom. The van der Waals surface area contributed by atoms with E-state index in [2.05, 4.69) is 49.6 Å². The number of esters is 1. The van der Waals surface area contributed by atoms with Gasteiger partial charge in [0.05, 0.1) is 11.6 Å². The Morgan fingerprint density at radius 3 is 2.69 bits per heavy atom. The van der Waals surface area contributed by atoms with Crippen LogP contribution in [0.1, 0.15) is 22.3 Å². The van der Waals surface area contributed by atoms with Gasteiger partial charge in [0.1, 0.15) is 6.61 Å². The number of cyclic esters (lactones) is 1. The van der Waals surface area contributed by atoms with Crippen molar-refractivity contribution in [1.82, 2.24) is 0 Å². The largest absolute Gasteiger partial charge is 0.493 e. The summed E-state index contributed by atoms with van der Waals surface area (Å²) in [6.07, 6.45) is 1.67. The molecule has 1 heterocycles. The minimum absolute atomic E-state index is 0.227. The molecule has 0 fully saturated rings. The van der Waals surface area contributed by atoms with Crippen LogP contribution < -0.4 is 9.47 Å². The van der Waals surface area contributed by atoms with Crippen LogP contribution in [0.25, 0.3) is 6.08 Å². The molecule has 1 aliphatic rings. The van der Waals surface area contributed by atoms with Crippen LogP contribution in [0.2, 0.25) is 0 Å². The Morgan fingerprint density at radius 2 is 1.94 bits per heavy atom. The number of methoxy groups -OCH3 is 1. The highest BCUT2D eigenvalue weighted by Gasteiger charge is 2.25. The zero-order chi connectivity index (χ0) is 22.7. The third-order valence-electron chi connectivity index (χ3n) is 4.82. The fourth-order valence-corrected chi connectivity index (χ4v) is 4.42. The lowest BCUT2D eigenvalue weighted by Gasteiger charge is -2.14. The van der Waals surface area contributed by atoms with Gasteiger partial charge in [0, 0.05) is 9.13 Å². The molecule has 3 aromatic rings. The zero-order valence-electron chi connectivity index (χ0n) is 17.4. The Hall–Kier alpha value is -2.65. The van der Waals surface area contributed by atoms with Gasteiger partial charge in [-0.1, -0.05) is 30.3 Å².